The molecule has 2 rings (SSSR count). The summed E-state index contributed by atoms with van der Waals surface area (Å²) in [5, 5.41) is 6.47. The topological polar surface area (TPSA) is 12.0 Å². The molecule has 0 saturated carbocycles. The number of halogens is 1. The number of hydrogen-bond acceptors (Lipinski definition) is 2. The summed E-state index contributed by atoms with van der Waals surface area (Å²) in [5.41, 5.74) is 5.13. The van der Waals surface area contributed by atoms with Gasteiger partial charge in [-0.3, -0.25) is 0 Å². The predicted octanol–water partition coefficient (Wildman–Crippen LogP) is 4.89. The third-order valence-corrected chi connectivity index (χ3v) is 5.00. The molecule has 1 heterocycles. The van der Waals surface area contributed by atoms with Gasteiger partial charge < -0.3 is 5.32 Å². The highest BCUT2D eigenvalue weighted by molar-refractivity contribution is 7.10. The van der Waals surface area contributed by atoms with E-state index in [0.29, 0.717) is 0 Å². The van der Waals surface area contributed by atoms with Crippen molar-refractivity contribution in [2.45, 2.75) is 33.2 Å². The molecule has 2 aromatic rings. The van der Waals surface area contributed by atoms with Crippen LogP contribution in [-0.4, -0.2) is 7.05 Å². The van der Waals surface area contributed by atoms with E-state index in [0.717, 1.165) is 17.0 Å². The molecule has 0 aliphatic heterocycles. The standard InChI is InChI=1S/C16H20ClNS/c1-5-12-6-7-19-16(12)15(18-4)13-8-11(3)14(17)9-10(13)2/h6-9,15,18H,5H2,1-4H3. The van der Waals surface area contributed by atoms with E-state index in [1.165, 1.54) is 21.6 Å². The first-order valence-electron chi connectivity index (χ1n) is 6.58. The molecule has 1 aromatic carbocycles. The van der Waals surface area contributed by atoms with E-state index in [1.54, 1.807) is 0 Å². The van der Waals surface area contributed by atoms with Crippen molar-refractivity contribution in [3.05, 3.63) is 55.7 Å². The average molecular weight is 294 g/mol. The van der Waals surface area contributed by atoms with Crippen molar-refractivity contribution in [2.75, 3.05) is 7.05 Å². The molecule has 1 N–H and O–H groups in total. The Morgan fingerprint density at radius 2 is 2.00 bits per heavy atom. The molecule has 102 valence electrons. The first kappa shape index (κ1) is 14.6. The van der Waals surface area contributed by atoms with Crippen molar-refractivity contribution >= 4 is 22.9 Å². The van der Waals surface area contributed by atoms with Crippen LogP contribution >= 0.6 is 22.9 Å². The van der Waals surface area contributed by atoms with Crippen molar-refractivity contribution < 1.29 is 0 Å². The third-order valence-electron chi connectivity index (χ3n) is 3.57. The summed E-state index contributed by atoms with van der Waals surface area (Å²) in [6.45, 7) is 6.40. The van der Waals surface area contributed by atoms with Crippen LogP contribution in [0.3, 0.4) is 0 Å². The van der Waals surface area contributed by atoms with Crippen LogP contribution in [0.25, 0.3) is 0 Å². The van der Waals surface area contributed by atoms with Crippen LogP contribution in [0.2, 0.25) is 5.02 Å². The fourth-order valence-electron chi connectivity index (χ4n) is 2.43. The molecule has 0 spiro atoms. The molecule has 19 heavy (non-hydrogen) atoms. The lowest BCUT2D eigenvalue weighted by atomic mass is 9.96. The Balaban J connectivity index is 2.51. The van der Waals surface area contributed by atoms with E-state index in [-0.39, 0.29) is 6.04 Å². The first-order valence-corrected chi connectivity index (χ1v) is 7.84. The number of aryl methyl sites for hydroxylation is 3. The lowest BCUT2D eigenvalue weighted by Crippen LogP contribution is -2.19. The second-order valence-corrected chi connectivity index (χ2v) is 6.20. The second-order valence-electron chi connectivity index (χ2n) is 4.84. The Labute approximate surface area is 124 Å². The quantitative estimate of drug-likeness (QED) is 0.846. The van der Waals surface area contributed by atoms with Gasteiger partial charge in [0.15, 0.2) is 0 Å². The van der Waals surface area contributed by atoms with Crippen LogP contribution in [0.15, 0.2) is 23.6 Å². The minimum atomic E-state index is 0.255. The monoisotopic (exact) mass is 293 g/mol. The smallest absolute Gasteiger partial charge is 0.0674 e. The minimum absolute atomic E-state index is 0.255. The van der Waals surface area contributed by atoms with Gasteiger partial charge in [0, 0.05) is 9.90 Å². The van der Waals surface area contributed by atoms with E-state index < -0.39 is 0 Å². The van der Waals surface area contributed by atoms with Crippen LogP contribution in [0.5, 0.6) is 0 Å². The van der Waals surface area contributed by atoms with Crippen molar-refractivity contribution in [3.63, 3.8) is 0 Å². The van der Waals surface area contributed by atoms with Gasteiger partial charge >= 0.3 is 0 Å². The van der Waals surface area contributed by atoms with E-state index in [2.05, 4.69) is 49.7 Å². The number of nitrogens with one attached hydrogen (secondary N) is 1. The van der Waals surface area contributed by atoms with Crippen LogP contribution < -0.4 is 5.32 Å². The molecule has 1 atom stereocenters. The van der Waals surface area contributed by atoms with Crippen LogP contribution in [0.1, 0.15) is 40.1 Å². The van der Waals surface area contributed by atoms with Gasteiger partial charge in [0.1, 0.15) is 0 Å². The van der Waals surface area contributed by atoms with Gasteiger partial charge in [0.2, 0.25) is 0 Å². The van der Waals surface area contributed by atoms with Gasteiger partial charge in [-0.05, 0) is 67.1 Å². The molecule has 0 aliphatic rings. The van der Waals surface area contributed by atoms with Gasteiger partial charge in [0.25, 0.3) is 0 Å². The Morgan fingerprint density at radius 1 is 1.26 bits per heavy atom. The fourth-order valence-corrected chi connectivity index (χ4v) is 3.78. The summed E-state index contributed by atoms with van der Waals surface area (Å²) < 4.78 is 0. The molecule has 1 aromatic heterocycles. The Morgan fingerprint density at radius 3 is 2.63 bits per heavy atom. The largest absolute Gasteiger partial charge is 0.309 e. The molecule has 1 unspecified atom stereocenters. The van der Waals surface area contributed by atoms with Crippen molar-refractivity contribution in [2.24, 2.45) is 0 Å². The van der Waals surface area contributed by atoms with E-state index in [4.69, 9.17) is 11.6 Å². The molecule has 0 saturated heterocycles. The Kier molecular flexibility index (Phi) is 4.67. The van der Waals surface area contributed by atoms with E-state index in [9.17, 15) is 0 Å². The maximum Gasteiger partial charge on any atom is 0.0674 e. The fraction of sp³-hybridized carbons (Fsp3) is 0.375. The van der Waals surface area contributed by atoms with Crippen molar-refractivity contribution in [3.8, 4) is 0 Å². The highest BCUT2D eigenvalue weighted by atomic mass is 35.5. The van der Waals surface area contributed by atoms with Crippen LogP contribution in [0.4, 0.5) is 0 Å². The summed E-state index contributed by atoms with van der Waals surface area (Å²) in [7, 11) is 2.02. The summed E-state index contributed by atoms with van der Waals surface area (Å²) in [5.74, 6) is 0. The van der Waals surface area contributed by atoms with Gasteiger partial charge in [-0.2, -0.15) is 0 Å². The Bertz CT molecular complexity index is 574. The number of thiophene rings is 1. The number of hydrogen-bond donors (Lipinski definition) is 1. The van der Waals surface area contributed by atoms with Gasteiger partial charge in [0.05, 0.1) is 6.04 Å². The SMILES string of the molecule is CCc1ccsc1C(NC)c1cc(C)c(Cl)cc1C. The normalized spacial score (nSPS) is 12.7. The molecule has 0 fully saturated rings. The molecular formula is C16H20ClNS. The highest BCUT2D eigenvalue weighted by Crippen LogP contribution is 2.33. The third kappa shape index (κ3) is 2.86. The lowest BCUT2D eigenvalue weighted by Gasteiger charge is -2.20. The molecule has 0 aliphatic carbocycles. The van der Waals surface area contributed by atoms with Crippen molar-refractivity contribution in [1.29, 1.82) is 0 Å². The van der Waals surface area contributed by atoms with Crippen LogP contribution in [-0.2, 0) is 6.42 Å². The van der Waals surface area contributed by atoms with Gasteiger partial charge in [-0.25, -0.2) is 0 Å². The molecular weight excluding hydrogens is 274 g/mol. The Hall–Kier alpha value is -0.830. The minimum Gasteiger partial charge on any atom is -0.309 e. The zero-order chi connectivity index (χ0) is 14.0. The molecule has 0 amide bonds. The molecule has 3 heteroatoms. The zero-order valence-electron chi connectivity index (χ0n) is 11.9. The van der Waals surface area contributed by atoms with Gasteiger partial charge in [-0.1, -0.05) is 24.6 Å². The van der Waals surface area contributed by atoms with Crippen molar-refractivity contribution in [1.82, 2.24) is 5.32 Å². The summed E-state index contributed by atoms with van der Waals surface area (Å²) in [6, 6.07) is 6.75. The predicted molar refractivity (Wildman–Crippen MR) is 85.5 cm³/mol. The highest BCUT2D eigenvalue weighted by Gasteiger charge is 2.19. The first-order chi connectivity index (χ1) is 9.08. The lowest BCUT2D eigenvalue weighted by molar-refractivity contribution is 0.692. The molecule has 0 radical (unpaired) electrons. The molecule has 0 bridgehead atoms. The van der Waals surface area contributed by atoms with E-state index >= 15 is 0 Å². The maximum absolute atomic E-state index is 6.20. The molecule has 1 nitrogen and oxygen atoms in total. The second kappa shape index (κ2) is 6.08. The van der Waals surface area contributed by atoms with Gasteiger partial charge in [-0.15, -0.1) is 11.3 Å². The average Bonchev–Trinajstić information content (AvgIpc) is 2.84. The van der Waals surface area contributed by atoms with Crippen LogP contribution in [0, 0.1) is 13.8 Å². The summed E-state index contributed by atoms with van der Waals surface area (Å²) in [4.78, 5) is 1.41. The summed E-state index contributed by atoms with van der Waals surface area (Å²) in [6.07, 6.45) is 1.07. The maximum atomic E-state index is 6.20. The van der Waals surface area contributed by atoms with E-state index in [1.807, 2.05) is 18.4 Å². The summed E-state index contributed by atoms with van der Waals surface area (Å²) >= 11 is 8.02. The number of benzene rings is 1. The zero-order valence-corrected chi connectivity index (χ0v) is 13.5. The number of rotatable bonds is 4.